The number of halogens is 1. The first-order valence-corrected chi connectivity index (χ1v) is 12.2. The van der Waals surface area contributed by atoms with Crippen LogP contribution < -0.4 is 10.1 Å². The van der Waals surface area contributed by atoms with Crippen LogP contribution in [0, 0.1) is 0 Å². The van der Waals surface area contributed by atoms with Gasteiger partial charge >= 0.3 is 0 Å². The van der Waals surface area contributed by atoms with Gasteiger partial charge in [0.05, 0.1) is 34.7 Å². The molecule has 0 aliphatic carbocycles. The van der Waals surface area contributed by atoms with Crippen molar-refractivity contribution in [3.8, 4) is 17.0 Å². The molecule has 1 aromatic carbocycles. The van der Waals surface area contributed by atoms with Crippen LogP contribution in [0.3, 0.4) is 0 Å². The Hall–Kier alpha value is -3.50. The SMILES string of the molecule is COc1cc(C2CCN(C(=O)CO)CC2)ccc1Nc1ncc(Br)c(-c2cnn3ccccc23)n1. The van der Waals surface area contributed by atoms with E-state index in [1.54, 1.807) is 24.4 Å². The summed E-state index contributed by atoms with van der Waals surface area (Å²) in [6.45, 7) is 0.854. The molecule has 1 aliphatic heterocycles. The van der Waals surface area contributed by atoms with E-state index in [1.807, 2.05) is 41.0 Å². The fourth-order valence-electron chi connectivity index (χ4n) is 4.48. The molecule has 0 saturated carbocycles. The standard InChI is InChI=1S/C25H25BrN6O3/c1-35-22-12-17(16-7-10-31(11-8-16)23(34)15-33)5-6-20(22)29-25-27-14-19(26)24(30-25)18-13-28-32-9-3-2-4-21(18)32/h2-6,9,12-14,16,33H,7-8,10-11,15H2,1H3,(H,27,29,30). The number of aliphatic hydroxyl groups excluding tert-OH is 1. The number of aliphatic hydroxyl groups is 1. The number of carbonyl (C=O) groups excluding carboxylic acids is 1. The number of hydrogen-bond acceptors (Lipinski definition) is 7. The van der Waals surface area contributed by atoms with Crippen molar-refractivity contribution < 1.29 is 14.6 Å². The van der Waals surface area contributed by atoms with Crippen molar-refractivity contribution in [1.29, 1.82) is 0 Å². The summed E-state index contributed by atoms with van der Waals surface area (Å²) in [5, 5.41) is 16.8. The van der Waals surface area contributed by atoms with Gasteiger partial charge in [0.25, 0.3) is 0 Å². The maximum absolute atomic E-state index is 11.7. The van der Waals surface area contributed by atoms with E-state index in [0.29, 0.717) is 30.7 Å². The minimum Gasteiger partial charge on any atom is -0.495 e. The second-order valence-electron chi connectivity index (χ2n) is 8.38. The molecule has 1 aliphatic rings. The molecule has 4 aromatic rings. The molecule has 4 heterocycles. The molecule has 0 atom stereocenters. The van der Waals surface area contributed by atoms with Crippen molar-refractivity contribution in [2.75, 3.05) is 32.1 Å². The van der Waals surface area contributed by atoms with E-state index >= 15 is 0 Å². The highest BCUT2D eigenvalue weighted by Gasteiger charge is 2.24. The van der Waals surface area contributed by atoms with Crippen LogP contribution >= 0.6 is 15.9 Å². The summed E-state index contributed by atoms with van der Waals surface area (Å²) in [6.07, 6.45) is 7.11. The number of anilines is 2. The van der Waals surface area contributed by atoms with Gasteiger partial charge in [0.2, 0.25) is 11.9 Å². The number of carbonyl (C=O) groups is 1. The van der Waals surface area contributed by atoms with Crippen molar-refractivity contribution in [2.24, 2.45) is 0 Å². The number of amides is 1. The smallest absolute Gasteiger partial charge is 0.248 e. The summed E-state index contributed by atoms with van der Waals surface area (Å²) in [6, 6.07) is 12.0. The molecule has 1 saturated heterocycles. The molecule has 1 fully saturated rings. The Balaban J connectivity index is 1.37. The van der Waals surface area contributed by atoms with Gasteiger partial charge in [-0.2, -0.15) is 5.10 Å². The third kappa shape index (κ3) is 4.71. The molecular formula is C25H25BrN6O3. The molecule has 9 nitrogen and oxygen atoms in total. The van der Waals surface area contributed by atoms with E-state index in [9.17, 15) is 4.79 Å². The maximum Gasteiger partial charge on any atom is 0.248 e. The van der Waals surface area contributed by atoms with Gasteiger partial charge in [0.15, 0.2) is 0 Å². The second-order valence-corrected chi connectivity index (χ2v) is 9.23. The summed E-state index contributed by atoms with van der Waals surface area (Å²) in [4.78, 5) is 22.6. The zero-order chi connectivity index (χ0) is 24.4. The highest BCUT2D eigenvalue weighted by molar-refractivity contribution is 9.10. The summed E-state index contributed by atoms with van der Waals surface area (Å²) in [5.74, 6) is 1.26. The molecule has 35 heavy (non-hydrogen) atoms. The molecule has 0 bridgehead atoms. The lowest BCUT2D eigenvalue weighted by atomic mass is 9.89. The quantitative estimate of drug-likeness (QED) is 0.383. The minimum absolute atomic E-state index is 0.210. The number of aromatic nitrogens is 4. The van der Waals surface area contributed by atoms with Crippen molar-refractivity contribution in [1.82, 2.24) is 24.5 Å². The Kier molecular flexibility index (Phi) is 6.65. The number of rotatable bonds is 6. The Morgan fingerprint density at radius 1 is 1.23 bits per heavy atom. The fourth-order valence-corrected chi connectivity index (χ4v) is 4.89. The summed E-state index contributed by atoms with van der Waals surface area (Å²) >= 11 is 3.57. The highest BCUT2D eigenvalue weighted by Crippen LogP contribution is 2.36. The van der Waals surface area contributed by atoms with Crippen molar-refractivity contribution >= 4 is 39.0 Å². The molecule has 2 N–H and O–H groups in total. The third-order valence-corrected chi connectivity index (χ3v) is 6.93. The normalized spacial score (nSPS) is 14.3. The Morgan fingerprint density at radius 2 is 2.06 bits per heavy atom. The molecule has 0 radical (unpaired) electrons. The summed E-state index contributed by atoms with van der Waals surface area (Å²) in [7, 11) is 1.64. The number of piperidine rings is 1. The zero-order valence-electron chi connectivity index (χ0n) is 19.2. The monoisotopic (exact) mass is 536 g/mol. The van der Waals surface area contributed by atoms with E-state index in [1.165, 1.54) is 0 Å². The number of pyridine rings is 1. The van der Waals surface area contributed by atoms with Crippen molar-refractivity contribution in [2.45, 2.75) is 18.8 Å². The van der Waals surface area contributed by atoms with Crippen LogP contribution in [0.1, 0.15) is 24.3 Å². The second kappa shape index (κ2) is 10.0. The molecule has 0 spiro atoms. The van der Waals surface area contributed by atoms with Crippen LogP contribution in [0.25, 0.3) is 16.8 Å². The van der Waals surface area contributed by atoms with Gasteiger partial charge in [-0.05, 0) is 64.5 Å². The van der Waals surface area contributed by atoms with E-state index in [0.717, 1.165) is 45.3 Å². The predicted molar refractivity (Wildman–Crippen MR) is 136 cm³/mol. The molecule has 0 unspecified atom stereocenters. The Labute approximate surface area is 210 Å². The molecule has 5 rings (SSSR count). The lowest BCUT2D eigenvalue weighted by Gasteiger charge is -2.32. The lowest BCUT2D eigenvalue weighted by molar-refractivity contribution is -0.135. The topological polar surface area (TPSA) is 105 Å². The number of methoxy groups -OCH3 is 1. The van der Waals surface area contributed by atoms with Crippen LogP contribution in [-0.2, 0) is 4.79 Å². The van der Waals surface area contributed by atoms with E-state index in [-0.39, 0.29) is 5.91 Å². The number of nitrogens with one attached hydrogen (secondary N) is 1. The van der Waals surface area contributed by atoms with Gasteiger partial charge in [-0.25, -0.2) is 14.5 Å². The van der Waals surface area contributed by atoms with Gasteiger partial charge in [-0.3, -0.25) is 4.79 Å². The fraction of sp³-hybridized carbons (Fsp3) is 0.280. The Bertz CT molecular complexity index is 1370. The molecular weight excluding hydrogens is 512 g/mol. The Morgan fingerprint density at radius 3 is 2.83 bits per heavy atom. The molecule has 10 heteroatoms. The average molecular weight is 537 g/mol. The zero-order valence-corrected chi connectivity index (χ0v) is 20.8. The van der Waals surface area contributed by atoms with Gasteiger partial charge < -0.3 is 20.1 Å². The number of ether oxygens (including phenoxy) is 1. The molecule has 180 valence electrons. The maximum atomic E-state index is 11.7. The average Bonchev–Trinajstić information content (AvgIpc) is 3.33. The lowest BCUT2D eigenvalue weighted by Crippen LogP contribution is -2.39. The number of fused-ring (bicyclic) bond motifs is 1. The number of hydrogen-bond donors (Lipinski definition) is 2. The number of benzene rings is 1. The predicted octanol–water partition coefficient (Wildman–Crippen LogP) is 4.00. The van der Waals surface area contributed by atoms with Crippen molar-refractivity contribution in [3.05, 3.63) is 65.0 Å². The highest BCUT2D eigenvalue weighted by atomic mass is 79.9. The van der Waals surface area contributed by atoms with Crippen LogP contribution in [0.4, 0.5) is 11.6 Å². The third-order valence-electron chi connectivity index (χ3n) is 6.35. The molecule has 1 amide bonds. The van der Waals surface area contributed by atoms with Crippen molar-refractivity contribution in [3.63, 3.8) is 0 Å². The van der Waals surface area contributed by atoms with E-state index in [2.05, 4.69) is 37.4 Å². The van der Waals surface area contributed by atoms with Crippen LogP contribution in [0.15, 0.2) is 59.5 Å². The molecule has 3 aromatic heterocycles. The minimum atomic E-state index is -0.434. The summed E-state index contributed by atoms with van der Waals surface area (Å²) in [5.41, 5.74) is 4.51. The first-order chi connectivity index (χ1) is 17.1. The number of nitrogens with zero attached hydrogens (tertiary/aromatic N) is 5. The van der Waals surface area contributed by atoms with Gasteiger partial charge in [-0.1, -0.05) is 12.1 Å². The largest absolute Gasteiger partial charge is 0.495 e. The summed E-state index contributed by atoms with van der Waals surface area (Å²) < 4.78 is 8.25. The van der Waals surface area contributed by atoms with Gasteiger partial charge in [-0.15, -0.1) is 0 Å². The van der Waals surface area contributed by atoms with Gasteiger partial charge in [0, 0.05) is 31.0 Å². The van der Waals surface area contributed by atoms with Crippen LogP contribution in [-0.4, -0.2) is 62.3 Å². The number of likely N-dealkylation sites (tertiary alicyclic amines) is 1. The van der Waals surface area contributed by atoms with Crippen LogP contribution in [0.5, 0.6) is 5.75 Å². The van der Waals surface area contributed by atoms with E-state index in [4.69, 9.17) is 14.8 Å². The van der Waals surface area contributed by atoms with Crippen LogP contribution in [0.2, 0.25) is 0 Å². The van der Waals surface area contributed by atoms with Gasteiger partial charge in [0.1, 0.15) is 12.4 Å². The van der Waals surface area contributed by atoms with E-state index < -0.39 is 6.61 Å². The first-order valence-electron chi connectivity index (χ1n) is 11.4. The first kappa shape index (κ1) is 23.3.